The van der Waals surface area contributed by atoms with Crippen LogP contribution in [0.25, 0.3) is 11.0 Å². The zero-order chi connectivity index (χ0) is 19.6. The number of ether oxygens (including phenoxy) is 1. The molecule has 27 heavy (non-hydrogen) atoms. The molecule has 0 saturated carbocycles. The van der Waals surface area contributed by atoms with Gasteiger partial charge in [-0.3, -0.25) is 4.98 Å². The van der Waals surface area contributed by atoms with Gasteiger partial charge in [-0.2, -0.15) is 0 Å². The average molecular weight is 367 g/mol. The zero-order valence-corrected chi connectivity index (χ0v) is 16.4. The van der Waals surface area contributed by atoms with Crippen LogP contribution in [0.3, 0.4) is 0 Å². The number of hydrogen-bond donors (Lipinski definition) is 1. The van der Waals surface area contributed by atoms with Gasteiger partial charge in [-0.05, 0) is 52.0 Å². The predicted octanol–water partition coefficient (Wildman–Crippen LogP) is 5.25. The second-order valence-corrected chi connectivity index (χ2v) is 7.53. The first-order valence-electron chi connectivity index (χ1n) is 8.87. The Morgan fingerprint density at radius 3 is 2.70 bits per heavy atom. The number of furan rings is 1. The van der Waals surface area contributed by atoms with Crippen LogP contribution in [-0.2, 0) is 11.3 Å². The topological polar surface area (TPSA) is 67.6 Å². The summed E-state index contributed by atoms with van der Waals surface area (Å²) in [5.41, 5.74) is 3.07. The largest absolute Gasteiger partial charge is 0.459 e. The number of anilines is 2. The maximum Gasteiger partial charge on any atom is 0.410 e. The van der Waals surface area contributed by atoms with Gasteiger partial charge >= 0.3 is 6.09 Å². The maximum atomic E-state index is 12.2. The van der Waals surface area contributed by atoms with Crippen molar-refractivity contribution in [2.45, 2.75) is 39.8 Å². The minimum atomic E-state index is -0.533. The van der Waals surface area contributed by atoms with Crippen molar-refractivity contribution in [1.29, 1.82) is 0 Å². The van der Waals surface area contributed by atoms with Crippen LogP contribution in [0, 0.1) is 6.92 Å². The van der Waals surface area contributed by atoms with Crippen LogP contribution in [0.15, 0.2) is 47.1 Å². The number of amides is 1. The quantitative estimate of drug-likeness (QED) is 0.682. The molecule has 0 aliphatic heterocycles. The van der Waals surface area contributed by atoms with Gasteiger partial charge in [0.25, 0.3) is 0 Å². The van der Waals surface area contributed by atoms with Crippen molar-refractivity contribution in [2.24, 2.45) is 0 Å². The summed E-state index contributed by atoms with van der Waals surface area (Å²) >= 11 is 0. The molecule has 1 N–H and O–H groups in total. The van der Waals surface area contributed by atoms with E-state index in [1.165, 1.54) is 4.90 Å². The van der Waals surface area contributed by atoms with Crippen LogP contribution in [-0.4, -0.2) is 28.6 Å². The van der Waals surface area contributed by atoms with Crippen molar-refractivity contribution in [3.8, 4) is 0 Å². The van der Waals surface area contributed by atoms with Gasteiger partial charge in [0, 0.05) is 29.9 Å². The first-order chi connectivity index (χ1) is 12.7. The molecular formula is C21H25N3O3. The zero-order valence-electron chi connectivity index (χ0n) is 16.4. The molecule has 0 bridgehead atoms. The number of carbonyl (C=O) groups excluding carboxylic acids is 1. The number of carbonyl (C=O) groups is 1. The van der Waals surface area contributed by atoms with E-state index in [4.69, 9.17) is 9.15 Å². The van der Waals surface area contributed by atoms with E-state index in [-0.39, 0.29) is 6.09 Å². The first-order valence-corrected chi connectivity index (χ1v) is 8.87. The summed E-state index contributed by atoms with van der Waals surface area (Å²) in [5.74, 6) is 0.735. The number of aryl methyl sites for hydroxylation is 1. The molecule has 3 rings (SSSR count). The van der Waals surface area contributed by atoms with Crippen LogP contribution in [0.5, 0.6) is 0 Å². The molecule has 3 aromatic rings. The summed E-state index contributed by atoms with van der Waals surface area (Å²) in [7, 11) is 1.70. The van der Waals surface area contributed by atoms with E-state index in [2.05, 4.69) is 10.3 Å². The average Bonchev–Trinajstić information content (AvgIpc) is 2.91. The van der Waals surface area contributed by atoms with Crippen molar-refractivity contribution in [1.82, 2.24) is 9.88 Å². The van der Waals surface area contributed by atoms with Gasteiger partial charge in [-0.25, -0.2) is 4.79 Å². The van der Waals surface area contributed by atoms with Crippen molar-refractivity contribution >= 4 is 28.4 Å². The number of fused-ring (bicyclic) bond motifs is 1. The number of nitrogens with one attached hydrogen (secondary N) is 1. The van der Waals surface area contributed by atoms with E-state index >= 15 is 0 Å². The summed E-state index contributed by atoms with van der Waals surface area (Å²) in [5, 5.41) is 4.37. The molecule has 0 fully saturated rings. The molecule has 0 saturated heterocycles. The lowest BCUT2D eigenvalue weighted by Crippen LogP contribution is -2.33. The summed E-state index contributed by atoms with van der Waals surface area (Å²) in [6, 6.07) is 9.70. The van der Waals surface area contributed by atoms with Crippen LogP contribution < -0.4 is 5.32 Å². The monoisotopic (exact) mass is 367 g/mol. The highest BCUT2D eigenvalue weighted by molar-refractivity contribution is 5.95. The van der Waals surface area contributed by atoms with Gasteiger partial charge in [0.15, 0.2) is 0 Å². The SMILES string of the molecule is Cc1c(CN(C)C(=O)OC(C)(C)C)oc2cccc(Nc3cccnc3)c12. The van der Waals surface area contributed by atoms with Crippen molar-refractivity contribution in [3.63, 3.8) is 0 Å². The van der Waals surface area contributed by atoms with Crippen molar-refractivity contribution in [2.75, 3.05) is 12.4 Å². The second-order valence-electron chi connectivity index (χ2n) is 7.53. The van der Waals surface area contributed by atoms with Gasteiger partial charge in [-0.1, -0.05) is 6.07 Å². The molecule has 2 heterocycles. The molecule has 0 aliphatic carbocycles. The van der Waals surface area contributed by atoms with Crippen molar-refractivity contribution < 1.29 is 13.9 Å². The summed E-state index contributed by atoms with van der Waals surface area (Å²) in [6.07, 6.45) is 3.13. The molecule has 2 aromatic heterocycles. The summed E-state index contributed by atoms with van der Waals surface area (Å²) in [6.45, 7) is 7.88. The van der Waals surface area contributed by atoms with E-state index in [0.29, 0.717) is 6.54 Å². The fourth-order valence-electron chi connectivity index (χ4n) is 2.82. The number of rotatable bonds is 4. The number of aromatic nitrogens is 1. The number of nitrogens with zero attached hydrogens (tertiary/aromatic N) is 2. The number of pyridine rings is 1. The van der Waals surface area contributed by atoms with E-state index in [1.807, 2.05) is 58.0 Å². The Labute approximate surface area is 159 Å². The summed E-state index contributed by atoms with van der Waals surface area (Å²) < 4.78 is 11.4. The van der Waals surface area contributed by atoms with Gasteiger partial charge in [0.05, 0.1) is 18.4 Å². The minimum absolute atomic E-state index is 0.335. The number of hydrogen-bond acceptors (Lipinski definition) is 5. The lowest BCUT2D eigenvalue weighted by atomic mass is 10.1. The Balaban J connectivity index is 1.87. The van der Waals surface area contributed by atoms with E-state index in [1.54, 1.807) is 19.4 Å². The second kappa shape index (κ2) is 7.31. The van der Waals surface area contributed by atoms with Crippen LogP contribution in [0.1, 0.15) is 32.1 Å². The highest BCUT2D eigenvalue weighted by atomic mass is 16.6. The van der Waals surface area contributed by atoms with E-state index in [0.717, 1.165) is 33.7 Å². The molecule has 1 amide bonds. The molecule has 6 nitrogen and oxygen atoms in total. The Hall–Kier alpha value is -3.02. The maximum absolute atomic E-state index is 12.2. The molecule has 142 valence electrons. The van der Waals surface area contributed by atoms with Crippen molar-refractivity contribution in [3.05, 3.63) is 54.0 Å². The van der Waals surface area contributed by atoms with Crippen LogP contribution >= 0.6 is 0 Å². The predicted molar refractivity (Wildman–Crippen MR) is 106 cm³/mol. The molecule has 0 radical (unpaired) electrons. The number of benzene rings is 1. The third-order valence-electron chi connectivity index (χ3n) is 4.08. The molecule has 0 aliphatic rings. The smallest absolute Gasteiger partial charge is 0.410 e. The standard InChI is InChI=1S/C21H25N3O3/c1-14-18(13-24(5)20(25)27-21(2,3)4)26-17-10-6-9-16(19(14)17)23-15-8-7-11-22-12-15/h6-12,23H,13H2,1-5H3. The molecule has 0 unspecified atom stereocenters. The van der Waals surface area contributed by atoms with Gasteiger partial charge in [0.2, 0.25) is 0 Å². The Kier molecular flexibility index (Phi) is 5.08. The lowest BCUT2D eigenvalue weighted by Gasteiger charge is -2.24. The molecule has 0 spiro atoms. The van der Waals surface area contributed by atoms with E-state index < -0.39 is 5.60 Å². The van der Waals surface area contributed by atoms with Crippen LogP contribution in [0.2, 0.25) is 0 Å². The van der Waals surface area contributed by atoms with Crippen LogP contribution in [0.4, 0.5) is 16.2 Å². The van der Waals surface area contributed by atoms with Gasteiger partial charge in [0.1, 0.15) is 16.9 Å². The minimum Gasteiger partial charge on any atom is -0.459 e. The molecule has 6 heteroatoms. The molecular weight excluding hydrogens is 342 g/mol. The third-order valence-corrected chi connectivity index (χ3v) is 4.08. The fourth-order valence-corrected chi connectivity index (χ4v) is 2.82. The molecule has 0 atom stereocenters. The third kappa shape index (κ3) is 4.39. The normalized spacial score (nSPS) is 11.4. The first kappa shape index (κ1) is 18.8. The summed E-state index contributed by atoms with van der Waals surface area (Å²) in [4.78, 5) is 17.9. The van der Waals surface area contributed by atoms with E-state index in [9.17, 15) is 4.79 Å². The molecule has 1 aromatic carbocycles. The fraction of sp³-hybridized carbons (Fsp3) is 0.333. The Morgan fingerprint density at radius 1 is 1.26 bits per heavy atom. The highest BCUT2D eigenvalue weighted by Gasteiger charge is 2.22. The Morgan fingerprint density at radius 2 is 2.04 bits per heavy atom. The lowest BCUT2D eigenvalue weighted by molar-refractivity contribution is 0.0275. The van der Waals surface area contributed by atoms with Gasteiger partial charge in [-0.15, -0.1) is 0 Å². The Bertz CT molecular complexity index is 942. The van der Waals surface area contributed by atoms with Gasteiger partial charge < -0.3 is 19.4 Å². The highest BCUT2D eigenvalue weighted by Crippen LogP contribution is 2.33.